The normalized spacial score (nSPS) is 12.6. The molecule has 458 valence electrons. The summed E-state index contributed by atoms with van der Waals surface area (Å²) in [5.74, 6) is -3.05. The van der Waals surface area contributed by atoms with Crippen LogP contribution in [0.3, 0.4) is 0 Å². The van der Waals surface area contributed by atoms with Crippen LogP contribution in [0.5, 0.6) is 0 Å². The Morgan fingerprint density at radius 1 is 0.537 bits per heavy atom. The largest absolute Gasteiger partial charge is 0.480 e. The highest BCUT2D eigenvalue weighted by molar-refractivity contribution is 8.44. The van der Waals surface area contributed by atoms with E-state index >= 15 is 0 Å². The molecule has 1 amide bonds. The molecule has 0 heterocycles. The lowest BCUT2D eigenvalue weighted by atomic mass is 7.78. The molecule has 3 atom stereocenters. The van der Waals surface area contributed by atoms with Gasteiger partial charge in [-0.2, -0.15) is 0 Å². The molecule has 0 aliphatic rings. The third-order valence-electron chi connectivity index (χ3n) is 15.6. The third kappa shape index (κ3) is 48.4. The second-order valence-corrected chi connectivity index (χ2v) is 26.8. The molecule has 15 nitrogen and oxygen atoms in total. The van der Waals surface area contributed by atoms with Crippen molar-refractivity contribution in [2.75, 3.05) is 33.0 Å². The number of carbonyl (C=O) groups is 6. The Labute approximate surface area is 511 Å². The van der Waals surface area contributed by atoms with Gasteiger partial charge in [0.05, 0.1) is 71.5 Å². The number of amides is 1. The lowest BCUT2D eigenvalue weighted by Gasteiger charge is -2.32. The maximum absolute atomic E-state index is 12.9. The number of ketones is 1. The zero-order valence-electron chi connectivity index (χ0n) is 53.3. The number of hydrogen-bond acceptors (Lipinski definition) is 13. The number of phosphoric ester groups is 1. The van der Waals surface area contributed by atoms with Crippen LogP contribution >= 0.6 is 19.4 Å². The van der Waals surface area contributed by atoms with Crippen LogP contribution < -0.4 is 5.32 Å². The molecule has 0 aromatic carbocycles. The lowest BCUT2D eigenvalue weighted by molar-refractivity contribution is -0.161. The molecule has 0 bridgehead atoms. The van der Waals surface area contributed by atoms with Gasteiger partial charge >= 0.3 is 31.7 Å². The van der Waals surface area contributed by atoms with Crippen LogP contribution in [0.2, 0.25) is 0 Å². The van der Waals surface area contributed by atoms with E-state index in [1.165, 1.54) is 153 Å². The van der Waals surface area contributed by atoms with Gasteiger partial charge in [0.15, 0.2) is 6.10 Å². The summed E-state index contributed by atoms with van der Waals surface area (Å²) in [6.45, 7) is 3.35. The first-order chi connectivity index (χ1) is 39.4. The first-order valence-corrected chi connectivity index (χ1v) is 35.6. The van der Waals surface area contributed by atoms with Crippen molar-refractivity contribution >= 4 is 140 Å². The Balaban J connectivity index is 4.78. The van der Waals surface area contributed by atoms with Gasteiger partial charge in [0.2, 0.25) is 5.91 Å². The van der Waals surface area contributed by atoms with Crippen LogP contribution in [-0.4, -0.2) is 175 Å². The summed E-state index contributed by atoms with van der Waals surface area (Å²) in [7, 11) is 9.10. The first-order valence-electron chi connectivity index (χ1n) is 33.2. The monoisotopic (exact) mass is 1170 g/mol. The van der Waals surface area contributed by atoms with Gasteiger partial charge in [-0.1, -0.05) is 194 Å². The standard InChI is InChI=1S/C53H110B12NO14PS/c1-3-5-7-9-11-13-15-17-19-21-23-25-27-29-31-36-51(70)77-44-47(80-52(71)37-32-30-28-26-24-22-20-18-16-14-12-10-8-6-4-2)45-79-81(74,75)78-42-34-38-50(69)76-41-33-35-46(67)39-40-66-49(68)43-48(53(72)73)82-65(63(59)60-54)64(61(55)56)62(57)58/h47-48,60H,3-45,54-59H2,1-2H3,(H,66,68)(H,72,73)(H,74,75)/i54-1,55-1,56-1,57-1,58-1,59-1,60-1,61-1,62-1,63-1,64-1,65-1. The van der Waals surface area contributed by atoms with Gasteiger partial charge in [0.25, 0.3) is 0 Å². The van der Waals surface area contributed by atoms with E-state index in [9.17, 15) is 43.3 Å². The lowest BCUT2D eigenvalue weighted by Crippen LogP contribution is -2.67. The number of carbonyl (C=O) groups excluding carboxylic acids is 5. The molecular formula is C53H110B12NO14PS. The summed E-state index contributed by atoms with van der Waals surface area (Å²) in [6, 6.07) is 0. The molecule has 0 saturated heterocycles. The van der Waals surface area contributed by atoms with Crippen molar-refractivity contribution in [2.45, 2.75) is 269 Å². The number of aliphatic carboxylic acids is 1. The van der Waals surface area contributed by atoms with Crippen LogP contribution in [-0.2, 0) is 56.6 Å². The predicted octanol–water partition coefficient (Wildman–Crippen LogP) is 5.27. The molecule has 82 heavy (non-hydrogen) atoms. The highest BCUT2D eigenvalue weighted by Crippen LogP contribution is 2.43. The average Bonchev–Trinajstić information content (AvgIpc) is 3.52. The molecule has 0 saturated carbocycles. The summed E-state index contributed by atoms with van der Waals surface area (Å²) in [5, 5.41) is 11.8. The minimum atomic E-state index is -4.66. The Kier molecular flexibility index (Phi) is 53.5. The molecule has 3 N–H and O–H groups in total. The summed E-state index contributed by atoms with van der Waals surface area (Å²) in [5.41, 5.74) is 0. The number of ether oxygens (including phenoxy) is 3. The number of Topliss-reactive ketones (excluding diaryl/α,β-unsaturated/α-hetero) is 1. The maximum atomic E-state index is 12.9. The zero-order chi connectivity index (χ0) is 61.1. The minimum Gasteiger partial charge on any atom is -0.480 e. The molecule has 0 radical (unpaired) electrons. The van der Waals surface area contributed by atoms with Crippen molar-refractivity contribution in [3.8, 4) is 0 Å². The van der Waals surface area contributed by atoms with E-state index in [0.717, 1.165) is 45.6 Å². The SMILES string of the molecule is [10BH2][10BH][10B]([10BH2])[10B](SC(CC(=O)NCCC(=O)CCCOC(=O)CCCOP(=O)(O)OCC(COC(=O)CCCCCCCCCCCCCCCCC)OC(=O)CCCCCCCCCCCCCCCCC)C(=O)O)[10B]([10B]([10BH2])[10BH2])[10B]([10BH2])[10BH2]. The van der Waals surface area contributed by atoms with Crippen molar-refractivity contribution in [3.63, 3.8) is 0 Å². The van der Waals surface area contributed by atoms with E-state index in [2.05, 4.69) is 65.6 Å². The van der Waals surface area contributed by atoms with E-state index in [1.807, 2.05) is 0 Å². The van der Waals surface area contributed by atoms with Crippen LogP contribution in [0.1, 0.15) is 258 Å². The van der Waals surface area contributed by atoms with E-state index < -0.39 is 55.6 Å². The highest BCUT2D eigenvalue weighted by Gasteiger charge is 2.41. The Morgan fingerprint density at radius 2 is 0.951 bits per heavy atom. The smallest absolute Gasteiger partial charge is 0.472 e. The van der Waals surface area contributed by atoms with Gasteiger partial charge < -0.3 is 29.5 Å². The molecule has 0 spiro atoms. The quantitative estimate of drug-likeness (QED) is 0.0233. The highest BCUT2D eigenvalue weighted by atomic mass is 32.2. The number of nitrogens with one attached hydrogen (secondary N) is 1. The number of carboxylic acid groups (broad SMARTS) is 1. The molecule has 0 aliphatic heterocycles. The van der Waals surface area contributed by atoms with E-state index in [0.29, 0.717) is 25.6 Å². The van der Waals surface area contributed by atoms with Gasteiger partial charge in [-0.25, -0.2) is 16.2 Å². The summed E-state index contributed by atoms with van der Waals surface area (Å²) in [6.07, 6.45) is 36.9. The van der Waals surface area contributed by atoms with Crippen LogP contribution in [0.4, 0.5) is 0 Å². The van der Waals surface area contributed by atoms with Gasteiger partial charge in [-0.05, 0) is 25.7 Å². The maximum Gasteiger partial charge on any atom is 0.472 e. The molecular weight excluding hydrogens is 1060 g/mol. The number of hydrogen-bond donors (Lipinski definition) is 3. The Morgan fingerprint density at radius 3 is 1.39 bits per heavy atom. The van der Waals surface area contributed by atoms with E-state index in [-0.39, 0.29) is 102 Å². The van der Waals surface area contributed by atoms with Crippen LogP contribution in [0, 0.1) is 0 Å². The predicted molar refractivity (Wildman–Crippen MR) is 365 cm³/mol. The van der Waals surface area contributed by atoms with Crippen molar-refractivity contribution in [1.82, 2.24) is 5.32 Å². The van der Waals surface area contributed by atoms with Gasteiger partial charge in [0.1, 0.15) is 18.2 Å². The summed E-state index contributed by atoms with van der Waals surface area (Å²) < 4.78 is 39.4. The molecule has 0 rings (SSSR count). The molecule has 0 aromatic heterocycles. The number of rotatable bonds is 60. The van der Waals surface area contributed by atoms with E-state index in [1.54, 1.807) is 0 Å². The van der Waals surface area contributed by atoms with Crippen molar-refractivity contribution < 1.29 is 66.6 Å². The molecule has 3 unspecified atom stereocenters. The second-order valence-electron chi connectivity index (χ2n) is 23.9. The fourth-order valence-corrected chi connectivity index (χ4v) is 13.3. The fourth-order valence-electron chi connectivity index (χ4n) is 10.5. The topological polar surface area (TPSA) is 218 Å². The molecule has 0 aromatic rings. The van der Waals surface area contributed by atoms with Crippen LogP contribution in [0.25, 0.3) is 0 Å². The summed E-state index contributed by atoms with van der Waals surface area (Å²) >= 11 is 1.37. The van der Waals surface area contributed by atoms with Gasteiger partial charge in [-0.3, -0.25) is 37.8 Å². The fraction of sp³-hybridized carbons (Fsp3) is 0.887. The molecule has 0 fully saturated rings. The number of unbranched alkanes of at least 4 members (excludes halogenated alkanes) is 28. The summed E-state index contributed by atoms with van der Waals surface area (Å²) in [4.78, 5) is 86.0. The molecule has 0 aliphatic carbocycles. The van der Waals surface area contributed by atoms with E-state index in [4.69, 9.17) is 23.3 Å². The van der Waals surface area contributed by atoms with Gasteiger partial charge in [0, 0.05) is 77.7 Å². The molecule has 29 heteroatoms. The second kappa shape index (κ2) is 54.6. The Hall–Kier alpha value is -1.74. The average molecular weight is 1170 g/mol. The van der Waals surface area contributed by atoms with Crippen molar-refractivity contribution in [2.24, 2.45) is 0 Å². The number of carboxylic acids is 1. The van der Waals surface area contributed by atoms with Gasteiger partial charge in [-0.15, -0.1) is 0 Å². The zero-order valence-corrected chi connectivity index (χ0v) is 55.0. The first kappa shape index (κ1) is 80.3. The number of esters is 3. The third-order valence-corrected chi connectivity index (χ3v) is 18.4. The number of phosphoric acid groups is 1. The van der Waals surface area contributed by atoms with Crippen molar-refractivity contribution in [1.29, 1.82) is 0 Å². The van der Waals surface area contributed by atoms with Crippen LogP contribution in [0.15, 0.2) is 0 Å². The Bertz CT molecular complexity index is 1700. The van der Waals surface area contributed by atoms with Crippen molar-refractivity contribution in [3.05, 3.63) is 0 Å². The minimum absolute atomic E-state index is 0.0222.